The van der Waals surface area contributed by atoms with Crippen LogP contribution in [0.25, 0.3) is 0 Å². The van der Waals surface area contributed by atoms with E-state index in [1.54, 1.807) is 0 Å². The summed E-state index contributed by atoms with van der Waals surface area (Å²) >= 11 is 0. The van der Waals surface area contributed by atoms with Crippen molar-refractivity contribution >= 4 is 5.96 Å². The normalized spacial score (nSPS) is 22.9. The number of nitrogens with one attached hydrogen (secondary N) is 2. The van der Waals surface area contributed by atoms with Crippen molar-refractivity contribution in [2.75, 3.05) is 40.3 Å². The van der Waals surface area contributed by atoms with E-state index in [2.05, 4.69) is 41.4 Å². The number of guanidine groups is 1. The molecule has 4 heteroatoms. The van der Waals surface area contributed by atoms with Gasteiger partial charge in [-0.05, 0) is 38.3 Å². The van der Waals surface area contributed by atoms with E-state index in [0.29, 0.717) is 5.92 Å². The number of hydrogen-bond acceptors (Lipinski definition) is 2. The summed E-state index contributed by atoms with van der Waals surface area (Å²) in [6.45, 7) is 8.87. The van der Waals surface area contributed by atoms with Crippen LogP contribution in [0.5, 0.6) is 0 Å². The van der Waals surface area contributed by atoms with Crippen LogP contribution in [0.3, 0.4) is 0 Å². The summed E-state index contributed by atoms with van der Waals surface area (Å²) in [5.74, 6) is 2.34. The van der Waals surface area contributed by atoms with Gasteiger partial charge in [-0.3, -0.25) is 4.99 Å². The Morgan fingerprint density at radius 3 is 2.76 bits per heavy atom. The maximum Gasteiger partial charge on any atom is 0.190 e. The second kappa shape index (κ2) is 7.54. The molecule has 0 aromatic heterocycles. The molecule has 1 heterocycles. The van der Waals surface area contributed by atoms with Gasteiger partial charge in [0.2, 0.25) is 0 Å². The maximum absolute atomic E-state index is 4.24. The highest BCUT2D eigenvalue weighted by Gasteiger charge is 2.17. The molecule has 0 spiro atoms. The molecule has 1 rings (SSSR count). The first-order chi connectivity index (χ1) is 8.11. The van der Waals surface area contributed by atoms with Crippen LogP contribution >= 0.6 is 0 Å². The minimum atomic E-state index is 0.648. The molecule has 4 nitrogen and oxygen atoms in total. The van der Waals surface area contributed by atoms with Crippen LogP contribution in [0.1, 0.15) is 26.7 Å². The fraction of sp³-hybridized carbons (Fsp3) is 0.923. The largest absolute Gasteiger partial charge is 0.356 e. The summed E-state index contributed by atoms with van der Waals surface area (Å²) < 4.78 is 0. The standard InChI is InChI=1S/C13H28N4/c1-11(2)8-15-13(14-3)16-9-12-6-5-7-17(4)10-12/h11-12H,5-10H2,1-4H3,(H2,14,15,16). The third kappa shape index (κ3) is 5.91. The highest BCUT2D eigenvalue weighted by molar-refractivity contribution is 5.79. The second-order valence-electron chi connectivity index (χ2n) is 5.50. The zero-order chi connectivity index (χ0) is 12.7. The van der Waals surface area contributed by atoms with E-state index in [9.17, 15) is 0 Å². The molecule has 1 fully saturated rings. The first-order valence-corrected chi connectivity index (χ1v) is 6.75. The smallest absolute Gasteiger partial charge is 0.190 e. The van der Waals surface area contributed by atoms with E-state index >= 15 is 0 Å². The van der Waals surface area contributed by atoms with Crippen LogP contribution in [0.15, 0.2) is 4.99 Å². The monoisotopic (exact) mass is 240 g/mol. The third-order valence-corrected chi connectivity index (χ3v) is 3.18. The molecule has 0 bridgehead atoms. The molecule has 0 aliphatic carbocycles. The zero-order valence-corrected chi connectivity index (χ0v) is 11.8. The molecule has 1 atom stereocenters. The minimum absolute atomic E-state index is 0.648. The Kier molecular flexibility index (Phi) is 6.34. The lowest BCUT2D eigenvalue weighted by Gasteiger charge is -2.30. The second-order valence-corrected chi connectivity index (χ2v) is 5.50. The lowest BCUT2D eigenvalue weighted by molar-refractivity contribution is 0.210. The highest BCUT2D eigenvalue weighted by Crippen LogP contribution is 2.13. The molecule has 17 heavy (non-hydrogen) atoms. The quantitative estimate of drug-likeness (QED) is 0.572. The molecule has 1 saturated heterocycles. The average molecular weight is 240 g/mol. The van der Waals surface area contributed by atoms with Gasteiger partial charge in [-0.25, -0.2) is 0 Å². The van der Waals surface area contributed by atoms with E-state index in [1.807, 2.05) is 7.05 Å². The van der Waals surface area contributed by atoms with Crippen molar-refractivity contribution < 1.29 is 0 Å². The summed E-state index contributed by atoms with van der Waals surface area (Å²) in [6.07, 6.45) is 2.65. The third-order valence-electron chi connectivity index (χ3n) is 3.18. The van der Waals surface area contributed by atoms with Crippen LogP contribution in [0, 0.1) is 11.8 Å². The molecule has 1 aliphatic rings. The lowest BCUT2D eigenvalue weighted by Crippen LogP contribution is -2.44. The van der Waals surface area contributed by atoms with Gasteiger partial charge in [-0.1, -0.05) is 13.8 Å². The van der Waals surface area contributed by atoms with Crippen molar-refractivity contribution in [2.24, 2.45) is 16.8 Å². The van der Waals surface area contributed by atoms with Crippen molar-refractivity contribution in [3.8, 4) is 0 Å². The summed E-state index contributed by atoms with van der Waals surface area (Å²) in [4.78, 5) is 6.66. The highest BCUT2D eigenvalue weighted by atomic mass is 15.2. The van der Waals surface area contributed by atoms with E-state index in [0.717, 1.165) is 25.0 Å². The molecule has 2 N–H and O–H groups in total. The van der Waals surface area contributed by atoms with Crippen molar-refractivity contribution in [3.05, 3.63) is 0 Å². The van der Waals surface area contributed by atoms with Gasteiger partial charge in [0.1, 0.15) is 0 Å². The van der Waals surface area contributed by atoms with Crippen molar-refractivity contribution in [1.82, 2.24) is 15.5 Å². The Morgan fingerprint density at radius 1 is 1.41 bits per heavy atom. The Morgan fingerprint density at radius 2 is 2.18 bits per heavy atom. The van der Waals surface area contributed by atoms with Crippen molar-refractivity contribution in [3.63, 3.8) is 0 Å². The Balaban J connectivity index is 2.22. The fourth-order valence-electron chi connectivity index (χ4n) is 2.20. The van der Waals surface area contributed by atoms with Crippen LogP contribution in [0.4, 0.5) is 0 Å². The van der Waals surface area contributed by atoms with Gasteiger partial charge in [0, 0.05) is 26.7 Å². The molecule has 0 saturated carbocycles. The Hall–Kier alpha value is -0.770. The van der Waals surface area contributed by atoms with E-state index in [1.165, 1.54) is 25.9 Å². The zero-order valence-electron chi connectivity index (χ0n) is 11.8. The van der Waals surface area contributed by atoms with Crippen LogP contribution < -0.4 is 10.6 Å². The number of hydrogen-bond donors (Lipinski definition) is 2. The summed E-state index contributed by atoms with van der Waals surface area (Å²) in [5, 5.41) is 6.77. The number of nitrogens with zero attached hydrogens (tertiary/aromatic N) is 2. The van der Waals surface area contributed by atoms with Gasteiger partial charge in [0.25, 0.3) is 0 Å². The van der Waals surface area contributed by atoms with Gasteiger partial charge in [0.05, 0.1) is 0 Å². The molecule has 0 aromatic rings. The average Bonchev–Trinajstić information content (AvgIpc) is 2.29. The summed E-state index contributed by atoms with van der Waals surface area (Å²) in [7, 11) is 4.04. The first kappa shape index (κ1) is 14.3. The molecular weight excluding hydrogens is 212 g/mol. The number of piperidine rings is 1. The number of likely N-dealkylation sites (tertiary alicyclic amines) is 1. The van der Waals surface area contributed by atoms with E-state index in [-0.39, 0.29) is 0 Å². The van der Waals surface area contributed by atoms with Gasteiger partial charge in [-0.2, -0.15) is 0 Å². The van der Waals surface area contributed by atoms with Crippen LogP contribution in [0.2, 0.25) is 0 Å². The van der Waals surface area contributed by atoms with Gasteiger partial charge < -0.3 is 15.5 Å². The van der Waals surface area contributed by atoms with Gasteiger partial charge in [0.15, 0.2) is 5.96 Å². The molecule has 1 unspecified atom stereocenters. The van der Waals surface area contributed by atoms with Crippen molar-refractivity contribution in [1.29, 1.82) is 0 Å². The van der Waals surface area contributed by atoms with Crippen LogP contribution in [-0.2, 0) is 0 Å². The van der Waals surface area contributed by atoms with Gasteiger partial charge >= 0.3 is 0 Å². The molecule has 0 aromatic carbocycles. The predicted octanol–water partition coefficient (Wildman–Crippen LogP) is 1.15. The number of rotatable bonds is 4. The first-order valence-electron chi connectivity index (χ1n) is 6.75. The molecule has 100 valence electrons. The molecule has 1 aliphatic heterocycles. The van der Waals surface area contributed by atoms with E-state index in [4.69, 9.17) is 0 Å². The topological polar surface area (TPSA) is 39.7 Å². The molecule has 0 radical (unpaired) electrons. The van der Waals surface area contributed by atoms with E-state index < -0.39 is 0 Å². The van der Waals surface area contributed by atoms with Crippen LogP contribution in [-0.4, -0.2) is 51.1 Å². The lowest BCUT2D eigenvalue weighted by atomic mass is 9.99. The summed E-state index contributed by atoms with van der Waals surface area (Å²) in [5.41, 5.74) is 0. The Labute approximate surface area is 106 Å². The number of aliphatic imine (C=N–C) groups is 1. The maximum atomic E-state index is 4.24. The summed E-state index contributed by atoms with van der Waals surface area (Å²) in [6, 6.07) is 0. The Bertz CT molecular complexity index is 238. The molecule has 0 amide bonds. The SMILES string of the molecule is CN=C(NCC(C)C)NCC1CCCN(C)C1. The minimum Gasteiger partial charge on any atom is -0.356 e. The fourth-order valence-corrected chi connectivity index (χ4v) is 2.20. The molecular formula is C13H28N4. The van der Waals surface area contributed by atoms with Gasteiger partial charge in [-0.15, -0.1) is 0 Å². The van der Waals surface area contributed by atoms with Crippen molar-refractivity contribution in [2.45, 2.75) is 26.7 Å². The predicted molar refractivity (Wildman–Crippen MR) is 74.4 cm³/mol.